The number of benzene rings is 2. The highest BCUT2D eigenvalue weighted by Crippen LogP contribution is 2.39. The molecule has 34 heavy (non-hydrogen) atoms. The number of ether oxygens (including phenoxy) is 1. The van der Waals surface area contributed by atoms with Crippen molar-refractivity contribution in [3.05, 3.63) is 64.2 Å². The molecule has 0 saturated carbocycles. The maximum absolute atomic E-state index is 13.0. The molecule has 2 aliphatic rings. The number of alkyl halides is 3. The summed E-state index contributed by atoms with van der Waals surface area (Å²) in [6, 6.07) is 8.60. The number of primary amides is 1. The lowest BCUT2D eigenvalue weighted by Crippen LogP contribution is -2.49. The smallest absolute Gasteiger partial charge is 0.416 e. The van der Waals surface area contributed by atoms with Crippen LogP contribution in [0.15, 0.2) is 36.4 Å². The summed E-state index contributed by atoms with van der Waals surface area (Å²) in [5.74, 6) is -0.127. The fourth-order valence-electron chi connectivity index (χ4n) is 5.14. The number of carbonyl (C=O) groups is 2. The van der Waals surface area contributed by atoms with Gasteiger partial charge in [0.25, 0.3) is 11.8 Å². The van der Waals surface area contributed by atoms with Crippen molar-refractivity contribution in [1.29, 1.82) is 0 Å². The number of rotatable bonds is 6. The third kappa shape index (κ3) is 4.49. The van der Waals surface area contributed by atoms with Crippen LogP contribution in [-0.2, 0) is 11.0 Å². The zero-order chi connectivity index (χ0) is 24.8. The van der Waals surface area contributed by atoms with Crippen molar-refractivity contribution in [3.8, 4) is 5.75 Å². The standard InChI is InChI=1S/C25H28F3N3O3/c1-14-15(2)22(34-13-23(29)32)9-8-21(14)16(3)30-11-20-10-19(30)12-31(20)24(33)17-4-6-18(7-5-17)25(26,27)28/h4-9,16,19-20H,10-13H2,1-3H3,(H2,29,32)/t16-,19+,20+/m0/s1. The average molecular weight is 476 g/mol. The van der Waals surface area contributed by atoms with Crippen molar-refractivity contribution in [2.75, 3.05) is 19.7 Å². The maximum atomic E-state index is 13.0. The first-order valence-corrected chi connectivity index (χ1v) is 11.2. The van der Waals surface area contributed by atoms with Gasteiger partial charge < -0.3 is 15.4 Å². The maximum Gasteiger partial charge on any atom is 0.416 e. The molecule has 0 aromatic heterocycles. The highest BCUT2D eigenvalue weighted by Gasteiger charge is 2.47. The Labute approximate surface area is 196 Å². The summed E-state index contributed by atoms with van der Waals surface area (Å²) >= 11 is 0. The number of fused-ring (bicyclic) bond motifs is 2. The van der Waals surface area contributed by atoms with Crippen molar-refractivity contribution >= 4 is 11.8 Å². The van der Waals surface area contributed by atoms with Crippen molar-refractivity contribution in [2.45, 2.75) is 51.5 Å². The Morgan fingerprint density at radius 2 is 1.74 bits per heavy atom. The molecule has 3 atom stereocenters. The number of nitrogens with zero attached hydrogens (tertiary/aromatic N) is 2. The fraction of sp³-hybridized carbons (Fsp3) is 0.440. The molecular weight excluding hydrogens is 447 g/mol. The molecule has 182 valence electrons. The van der Waals surface area contributed by atoms with Crippen molar-refractivity contribution < 1.29 is 27.5 Å². The van der Waals surface area contributed by atoms with E-state index in [1.54, 1.807) is 4.90 Å². The number of amides is 2. The first-order chi connectivity index (χ1) is 16.0. The van der Waals surface area contributed by atoms with Gasteiger partial charge in [-0.25, -0.2) is 0 Å². The van der Waals surface area contributed by atoms with E-state index in [-0.39, 0.29) is 36.2 Å². The Kier molecular flexibility index (Phi) is 6.33. The summed E-state index contributed by atoms with van der Waals surface area (Å²) in [7, 11) is 0. The number of hydrogen-bond acceptors (Lipinski definition) is 4. The molecular formula is C25H28F3N3O3. The van der Waals surface area contributed by atoms with E-state index in [4.69, 9.17) is 10.5 Å². The summed E-state index contributed by atoms with van der Waals surface area (Å²) in [5.41, 5.74) is 7.87. The molecule has 0 radical (unpaired) electrons. The van der Waals surface area contributed by atoms with Crippen LogP contribution >= 0.6 is 0 Å². The zero-order valence-corrected chi connectivity index (χ0v) is 19.4. The van der Waals surface area contributed by atoms with Crippen molar-refractivity contribution in [2.24, 2.45) is 5.73 Å². The predicted octanol–water partition coefficient (Wildman–Crippen LogP) is 3.85. The highest BCUT2D eigenvalue weighted by atomic mass is 19.4. The summed E-state index contributed by atoms with van der Waals surface area (Å²) in [6.07, 6.45) is -3.58. The van der Waals surface area contributed by atoms with Gasteiger partial charge in [-0.3, -0.25) is 14.5 Å². The van der Waals surface area contributed by atoms with E-state index in [1.165, 1.54) is 12.1 Å². The Hall–Kier alpha value is -3.07. The highest BCUT2D eigenvalue weighted by molar-refractivity contribution is 5.94. The van der Waals surface area contributed by atoms with Gasteiger partial charge in [0.2, 0.25) is 0 Å². The number of piperazine rings is 1. The monoisotopic (exact) mass is 475 g/mol. The quantitative estimate of drug-likeness (QED) is 0.689. The summed E-state index contributed by atoms with van der Waals surface area (Å²) in [4.78, 5) is 28.2. The number of carbonyl (C=O) groups excluding carboxylic acids is 2. The van der Waals surface area contributed by atoms with Crippen LogP contribution in [0.4, 0.5) is 13.2 Å². The predicted molar refractivity (Wildman–Crippen MR) is 120 cm³/mol. The van der Waals surface area contributed by atoms with Crippen LogP contribution in [0.2, 0.25) is 0 Å². The van der Waals surface area contributed by atoms with Gasteiger partial charge in [0.1, 0.15) is 5.75 Å². The van der Waals surface area contributed by atoms with Gasteiger partial charge in [-0.1, -0.05) is 6.07 Å². The SMILES string of the molecule is Cc1c(OCC(N)=O)ccc([C@H](C)N2C[C@H]3C[C@@H]2CN3C(=O)c2ccc(C(F)(F)F)cc2)c1C. The minimum Gasteiger partial charge on any atom is -0.484 e. The third-order valence-corrected chi connectivity index (χ3v) is 7.10. The Balaban J connectivity index is 1.44. The molecule has 2 heterocycles. The lowest BCUT2D eigenvalue weighted by atomic mass is 9.96. The zero-order valence-electron chi connectivity index (χ0n) is 19.4. The van der Waals surface area contributed by atoms with Crippen LogP contribution in [0.5, 0.6) is 5.75 Å². The second-order valence-corrected chi connectivity index (χ2v) is 9.11. The molecule has 2 fully saturated rings. The number of likely N-dealkylation sites (tertiary alicyclic amines) is 2. The van der Waals surface area contributed by atoms with E-state index in [0.717, 1.165) is 35.2 Å². The Morgan fingerprint density at radius 1 is 1.06 bits per heavy atom. The van der Waals surface area contributed by atoms with Crippen molar-refractivity contribution in [3.63, 3.8) is 0 Å². The lowest BCUT2D eigenvalue weighted by molar-refractivity contribution is -0.137. The van der Waals surface area contributed by atoms with Gasteiger partial charge in [-0.05, 0) is 74.2 Å². The van der Waals surface area contributed by atoms with Crippen LogP contribution in [0.25, 0.3) is 0 Å². The van der Waals surface area contributed by atoms with Crippen LogP contribution in [0.3, 0.4) is 0 Å². The number of halogens is 3. The largest absolute Gasteiger partial charge is 0.484 e. The van der Waals surface area contributed by atoms with Crippen molar-refractivity contribution in [1.82, 2.24) is 9.80 Å². The molecule has 2 amide bonds. The minimum absolute atomic E-state index is 0.0295. The summed E-state index contributed by atoms with van der Waals surface area (Å²) in [5, 5.41) is 0. The first kappa shape index (κ1) is 24.1. The minimum atomic E-state index is -4.42. The Morgan fingerprint density at radius 3 is 2.29 bits per heavy atom. The van der Waals surface area contributed by atoms with E-state index >= 15 is 0 Å². The molecule has 2 aliphatic heterocycles. The molecule has 6 nitrogen and oxygen atoms in total. The van der Waals surface area contributed by atoms with Crippen LogP contribution in [0.1, 0.15) is 52.0 Å². The van der Waals surface area contributed by atoms with Gasteiger partial charge in [0.15, 0.2) is 6.61 Å². The fourth-order valence-corrected chi connectivity index (χ4v) is 5.14. The molecule has 2 aromatic rings. The van der Waals surface area contributed by atoms with Crippen LogP contribution < -0.4 is 10.5 Å². The molecule has 2 aromatic carbocycles. The molecule has 9 heteroatoms. The van der Waals surface area contributed by atoms with Crippen LogP contribution in [0, 0.1) is 13.8 Å². The molecule has 2 saturated heterocycles. The topological polar surface area (TPSA) is 75.9 Å². The van der Waals surface area contributed by atoms with Crippen LogP contribution in [-0.4, -0.2) is 53.4 Å². The lowest BCUT2D eigenvalue weighted by Gasteiger charge is -2.38. The van der Waals surface area contributed by atoms with Gasteiger partial charge in [-0.15, -0.1) is 0 Å². The van der Waals surface area contributed by atoms with Gasteiger partial charge in [-0.2, -0.15) is 13.2 Å². The number of nitrogens with two attached hydrogens (primary N) is 1. The molecule has 2 bridgehead atoms. The van der Waals surface area contributed by atoms with Gasteiger partial charge in [0.05, 0.1) is 5.56 Å². The molecule has 2 N–H and O–H groups in total. The first-order valence-electron chi connectivity index (χ1n) is 11.2. The van der Waals surface area contributed by atoms with E-state index in [1.807, 2.05) is 26.0 Å². The molecule has 0 spiro atoms. The summed E-state index contributed by atoms with van der Waals surface area (Å²) in [6.45, 7) is 7.18. The van der Waals surface area contributed by atoms with Gasteiger partial charge in [0, 0.05) is 36.8 Å². The molecule has 4 rings (SSSR count). The van der Waals surface area contributed by atoms with E-state index in [2.05, 4.69) is 11.8 Å². The second kappa shape index (κ2) is 8.94. The van der Waals surface area contributed by atoms with E-state index in [0.29, 0.717) is 18.8 Å². The average Bonchev–Trinajstić information content (AvgIpc) is 3.40. The third-order valence-electron chi connectivity index (χ3n) is 7.10. The molecule has 0 aliphatic carbocycles. The normalized spacial score (nSPS) is 21.1. The second-order valence-electron chi connectivity index (χ2n) is 9.11. The van der Waals surface area contributed by atoms with E-state index in [9.17, 15) is 22.8 Å². The Bertz CT molecular complexity index is 1100. The van der Waals surface area contributed by atoms with E-state index < -0.39 is 17.6 Å². The van der Waals surface area contributed by atoms with Gasteiger partial charge >= 0.3 is 6.18 Å². The summed E-state index contributed by atoms with van der Waals surface area (Å²) < 4.78 is 44.0. The molecule has 0 unspecified atom stereocenters. The number of hydrogen-bond donors (Lipinski definition) is 1.